The van der Waals surface area contributed by atoms with Crippen LogP contribution in [0, 0.1) is 16.0 Å². The second kappa shape index (κ2) is 5.86. The van der Waals surface area contributed by atoms with Crippen LogP contribution in [0.1, 0.15) is 26.2 Å². The number of anilines is 2. The van der Waals surface area contributed by atoms with Gasteiger partial charge in [-0.2, -0.15) is 0 Å². The van der Waals surface area contributed by atoms with Gasteiger partial charge in [-0.1, -0.05) is 6.92 Å². The van der Waals surface area contributed by atoms with Crippen molar-refractivity contribution in [3.8, 4) is 0 Å². The lowest BCUT2D eigenvalue weighted by Crippen LogP contribution is -2.22. The fourth-order valence-corrected chi connectivity index (χ4v) is 1.99. The van der Waals surface area contributed by atoms with E-state index < -0.39 is 0 Å². The molecule has 0 spiro atoms. The molecule has 1 aliphatic rings. The topological polar surface area (TPSA) is 71.3 Å². The van der Waals surface area contributed by atoms with Crippen molar-refractivity contribution in [1.82, 2.24) is 4.98 Å². The number of nitro groups is 1. The molecule has 1 aromatic rings. The van der Waals surface area contributed by atoms with Crippen LogP contribution >= 0.6 is 0 Å². The van der Waals surface area contributed by atoms with Crippen molar-refractivity contribution >= 4 is 17.3 Å². The van der Waals surface area contributed by atoms with Crippen LogP contribution in [0.25, 0.3) is 0 Å². The highest BCUT2D eigenvalue weighted by molar-refractivity contribution is 5.61. The standard InChI is InChI=1S/C13H20N4O2/c1-3-8-14-12-7-6-11(17(18)19)13(15-12)16(2)9-10-4-5-10/h6-7,10H,3-5,8-9H2,1-2H3,(H,14,15). The molecule has 0 bridgehead atoms. The molecule has 1 aliphatic carbocycles. The van der Waals surface area contributed by atoms with E-state index >= 15 is 0 Å². The van der Waals surface area contributed by atoms with Crippen LogP contribution in [0.2, 0.25) is 0 Å². The van der Waals surface area contributed by atoms with Crippen molar-refractivity contribution in [2.75, 3.05) is 30.4 Å². The normalized spacial score (nSPS) is 14.2. The van der Waals surface area contributed by atoms with Gasteiger partial charge in [-0.05, 0) is 31.2 Å². The molecule has 2 rings (SSSR count). The monoisotopic (exact) mass is 264 g/mol. The first-order valence-corrected chi connectivity index (χ1v) is 6.72. The van der Waals surface area contributed by atoms with Gasteiger partial charge in [0.25, 0.3) is 0 Å². The fraction of sp³-hybridized carbons (Fsp3) is 0.615. The third-order valence-electron chi connectivity index (χ3n) is 3.20. The maximum Gasteiger partial charge on any atom is 0.311 e. The van der Waals surface area contributed by atoms with Crippen LogP contribution in [0.4, 0.5) is 17.3 Å². The molecule has 104 valence electrons. The van der Waals surface area contributed by atoms with E-state index in [0.717, 1.165) is 19.5 Å². The Bertz CT molecular complexity index is 460. The molecule has 0 aliphatic heterocycles. The van der Waals surface area contributed by atoms with Crippen LogP contribution < -0.4 is 10.2 Å². The molecule has 0 atom stereocenters. The quantitative estimate of drug-likeness (QED) is 0.605. The minimum Gasteiger partial charge on any atom is -0.370 e. The van der Waals surface area contributed by atoms with Gasteiger partial charge in [-0.25, -0.2) is 4.98 Å². The number of pyridine rings is 1. The summed E-state index contributed by atoms with van der Waals surface area (Å²) in [6.07, 6.45) is 3.42. The molecule has 0 radical (unpaired) electrons. The lowest BCUT2D eigenvalue weighted by molar-refractivity contribution is -0.384. The summed E-state index contributed by atoms with van der Waals surface area (Å²) < 4.78 is 0. The third kappa shape index (κ3) is 3.56. The van der Waals surface area contributed by atoms with Gasteiger partial charge in [0.05, 0.1) is 4.92 Å². The van der Waals surface area contributed by atoms with E-state index in [-0.39, 0.29) is 10.6 Å². The number of rotatable bonds is 7. The van der Waals surface area contributed by atoms with Crippen LogP contribution in [-0.4, -0.2) is 30.0 Å². The van der Waals surface area contributed by atoms with Crippen LogP contribution in [0.3, 0.4) is 0 Å². The number of nitrogens with zero attached hydrogens (tertiary/aromatic N) is 3. The predicted molar refractivity (Wildman–Crippen MR) is 75.7 cm³/mol. The van der Waals surface area contributed by atoms with Crippen LogP contribution in [0.5, 0.6) is 0 Å². The zero-order chi connectivity index (χ0) is 13.8. The maximum absolute atomic E-state index is 11.1. The first-order chi connectivity index (χ1) is 9.11. The van der Waals surface area contributed by atoms with Gasteiger partial charge in [0.15, 0.2) is 0 Å². The molecule has 1 heterocycles. The Balaban J connectivity index is 2.21. The second-order valence-corrected chi connectivity index (χ2v) is 5.05. The number of aromatic nitrogens is 1. The second-order valence-electron chi connectivity index (χ2n) is 5.05. The van der Waals surface area contributed by atoms with Crippen LogP contribution in [-0.2, 0) is 0 Å². The highest BCUT2D eigenvalue weighted by Crippen LogP contribution is 2.33. The summed E-state index contributed by atoms with van der Waals surface area (Å²) in [5.41, 5.74) is 0.0743. The van der Waals surface area contributed by atoms with Crippen molar-refractivity contribution in [3.63, 3.8) is 0 Å². The summed E-state index contributed by atoms with van der Waals surface area (Å²) in [7, 11) is 1.87. The number of hydrogen-bond donors (Lipinski definition) is 1. The molecule has 6 heteroatoms. The summed E-state index contributed by atoms with van der Waals surface area (Å²) in [5, 5.41) is 14.2. The number of nitrogens with one attached hydrogen (secondary N) is 1. The Hall–Kier alpha value is -1.85. The molecule has 1 fully saturated rings. The lowest BCUT2D eigenvalue weighted by atomic mass is 10.3. The predicted octanol–water partition coefficient (Wildman–Crippen LogP) is 2.66. The van der Waals surface area contributed by atoms with Crippen molar-refractivity contribution in [1.29, 1.82) is 0 Å². The Morgan fingerprint density at radius 2 is 2.26 bits per heavy atom. The average Bonchev–Trinajstić information content (AvgIpc) is 3.19. The first-order valence-electron chi connectivity index (χ1n) is 6.72. The fourth-order valence-electron chi connectivity index (χ4n) is 1.99. The Morgan fingerprint density at radius 1 is 1.53 bits per heavy atom. The van der Waals surface area contributed by atoms with Crippen molar-refractivity contribution in [2.24, 2.45) is 5.92 Å². The van der Waals surface area contributed by atoms with Crippen LogP contribution in [0.15, 0.2) is 12.1 Å². The Kier molecular flexibility index (Phi) is 4.19. The molecular formula is C13H20N4O2. The third-order valence-corrected chi connectivity index (χ3v) is 3.20. The van der Waals surface area contributed by atoms with Crippen molar-refractivity contribution < 1.29 is 4.92 Å². The van der Waals surface area contributed by atoms with Crippen molar-refractivity contribution in [2.45, 2.75) is 26.2 Å². The van der Waals surface area contributed by atoms with E-state index in [1.165, 1.54) is 18.9 Å². The van der Waals surface area contributed by atoms with E-state index in [1.807, 2.05) is 11.9 Å². The van der Waals surface area contributed by atoms with E-state index in [2.05, 4.69) is 17.2 Å². The number of hydrogen-bond acceptors (Lipinski definition) is 5. The van der Waals surface area contributed by atoms with Gasteiger partial charge in [-0.3, -0.25) is 10.1 Å². The molecule has 0 saturated heterocycles. The Labute approximate surface area is 113 Å². The summed E-state index contributed by atoms with van der Waals surface area (Å²) >= 11 is 0. The van der Waals surface area contributed by atoms with Gasteiger partial charge in [0.1, 0.15) is 5.82 Å². The minimum absolute atomic E-state index is 0.0743. The van der Waals surface area contributed by atoms with Gasteiger partial charge in [0, 0.05) is 26.2 Å². The van der Waals surface area contributed by atoms with E-state index in [1.54, 1.807) is 6.07 Å². The highest BCUT2D eigenvalue weighted by Gasteiger charge is 2.27. The summed E-state index contributed by atoms with van der Waals surface area (Å²) in [6, 6.07) is 3.20. The zero-order valence-electron chi connectivity index (χ0n) is 11.4. The molecule has 6 nitrogen and oxygen atoms in total. The summed E-state index contributed by atoms with van der Waals surface area (Å²) in [6.45, 7) is 3.72. The maximum atomic E-state index is 11.1. The smallest absolute Gasteiger partial charge is 0.311 e. The molecule has 1 aromatic heterocycles. The molecule has 19 heavy (non-hydrogen) atoms. The van der Waals surface area contributed by atoms with Gasteiger partial charge >= 0.3 is 5.69 Å². The zero-order valence-corrected chi connectivity index (χ0v) is 11.4. The molecule has 1 N–H and O–H groups in total. The molecular weight excluding hydrogens is 244 g/mol. The summed E-state index contributed by atoms with van der Waals surface area (Å²) in [4.78, 5) is 17.0. The average molecular weight is 264 g/mol. The highest BCUT2D eigenvalue weighted by atomic mass is 16.6. The molecule has 0 amide bonds. The van der Waals surface area contributed by atoms with Gasteiger partial charge in [0.2, 0.25) is 5.82 Å². The molecule has 1 saturated carbocycles. The van der Waals surface area contributed by atoms with E-state index in [9.17, 15) is 10.1 Å². The Morgan fingerprint density at radius 3 is 2.84 bits per heavy atom. The summed E-state index contributed by atoms with van der Waals surface area (Å²) in [5.74, 6) is 1.82. The van der Waals surface area contributed by atoms with Gasteiger partial charge in [-0.15, -0.1) is 0 Å². The SMILES string of the molecule is CCCNc1ccc([N+](=O)[O-])c(N(C)CC2CC2)n1. The van der Waals surface area contributed by atoms with Crippen molar-refractivity contribution in [3.05, 3.63) is 22.2 Å². The molecule has 0 unspecified atom stereocenters. The lowest BCUT2D eigenvalue weighted by Gasteiger charge is -2.18. The van der Waals surface area contributed by atoms with E-state index in [4.69, 9.17) is 0 Å². The molecule has 0 aromatic carbocycles. The minimum atomic E-state index is -0.366. The van der Waals surface area contributed by atoms with E-state index in [0.29, 0.717) is 17.6 Å². The largest absolute Gasteiger partial charge is 0.370 e. The van der Waals surface area contributed by atoms with Gasteiger partial charge < -0.3 is 10.2 Å². The first kappa shape index (κ1) is 13.6.